The van der Waals surface area contributed by atoms with Gasteiger partial charge in [-0.3, -0.25) is 4.79 Å². The van der Waals surface area contributed by atoms with Crippen LogP contribution < -0.4 is 11.1 Å². The maximum Gasteiger partial charge on any atom is 0.236 e. The lowest BCUT2D eigenvalue weighted by atomic mass is 9.78. The maximum absolute atomic E-state index is 11.7. The molecule has 0 unspecified atom stereocenters. The maximum atomic E-state index is 11.7. The van der Waals surface area contributed by atoms with Crippen LogP contribution in [-0.2, 0) is 4.79 Å². The Morgan fingerprint density at radius 2 is 1.94 bits per heavy atom. The number of nitrogens with two attached hydrogens (primary N) is 1. The molecule has 1 atom stereocenters. The molecular formula is C14H28N2O. The predicted octanol–water partition coefficient (Wildman–Crippen LogP) is 2.45. The van der Waals surface area contributed by atoms with Gasteiger partial charge in [-0.2, -0.15) is 0 Å². The van der Waals surface area contributed by atoms with Crippen molar-refractivity contribution in [1.82, 2.24) is 5.32 Å². The fourth-order valence-electron chi connectivity index (χ4n) is 3.04. The molecule has 0 bridgehead atoms. The van der Waals surface area contributed by atoms with E-state index in [1.807, 2.05) is 6.92 Å². The van der Waals surface area contributed by atoms with Crippen LogP contribution in [0.4, 0.5) is 0 Å². The zero-order valence-corrected chi connectivity index (χ0v) is 11.6. The Labute approximate surface area is 106 Å². The molecule has 0 aromatic rings. The minimum absolute atomic E-state index is 0.0162. The van der Waals surface area contributed by atoms with Gasteiger partial charge in [0.15, 0.2) is 0 Å². The molecule has 3 heteroatoms. The first-order valence-electron chi connectivity index (χ1n) is 7.02. The van der Waals surface area contributed by atoms with Gasteiger partial charge in [0.05, 0.1) is 6.04 Å². The van der Waals surface area contributed by atoms with Gasteiger partial charge in [-0.05, 0) is 37.0 Å². The van der Waals surface area contributed by atoms with Crippen molar-refractivity contribution in [2.24, 2.45) is 17.1 Å². The lowest BCUT2D eigenvalue weighted by Crippen LogP contribution is -2.44. The summed E-state index contributed by atoms with van der Waals surface area (Å²) in [5.41, 5.74) is 6.08. The first-order chi connectivity index (χ1) is 7.99. The molecule has 1 aliphatic rings. The highest BCUT2D eigenvalue weighted by atomic mass is 16.2. The van der Waals surface area contributed by atoms with Crippen LogP contribution in [0.5, 0.6) is 0 Å². The van der Waals surface area contributed by atoms with E-state index >= 15 is 0 Å². The summed E-state index contributed by atoms with van der Waals surface area (Å²) in [6.45, 7) is 7.29. The van der Waals surface area contributed by atoms with Gasteiger partial charge in [0, 0.05) is 6.54 Å². The van der Waals surface area contributed by atoms with Gasteiger partial charge in [-0.1, -0.05) is 33.6 Å². The molecular weight excluding hydrogens is 212 g/mol. The number of rotatable bonds is 6. The normalized spacial score (nSPS) is 20.5. The van der Waals surface area contributed by atoms with Crippen LogP contribution in [0.1, 0.15) is 59.3 Å². The third-order valence-electron chi connectivity index (χ3n) is 3.92. The van der Waals surface area contributed by atoms with Crippen molar-refractivity contribution in [3.8, 4) is 0 Å². The smallest absolute Gasteiger partial charge is 0.236 e. The molecule has 0 aromatic heterocycles. The quantitative estimate of drug-likeness (QED) is 0.749. The lowest BCUT2D eigenvalue weighted by Gasteiger charge is -2.31. The third-order valence-corrected chi connectivity index (χ3v) is 3.92. The topological polar surface area (TPSA) is 55.1 Å². The van der Waals surface area contributed by atoms with Crippen LogP contribution in [0, 0.1) is 11.3 Å². The highest BCUT2D eigenvalue weighted by Gasteiger charge is 2.34. The van der Waals surface area contributed by atoms with Crippen molar-refractivity contribution >= 4 is 5.91 Å². The second-order valence-corrected chi connectivity index (χ2v) is 6.04. The van der Waals surface area contributed by atoms with Gasteiger partial charge in [0.1, 0.15) is 0 Å². The van der Waals surface area contributed by atoms with E-state index in [1.54, 1.807) is 0 Å². The molecule has 0 saturated heterocycles. The first kappa shape index (κ1) is 14.5. The molecule has 1 amide bonds. The monoisotopic (exact) mass is 240 g/mol. The van der Waals surface area contributed by atoms with Crippen molar-refractivity contribution < 1.29 is 4.79 Å². The second-order valence-electron chi connectivity index (χ2n) is 6.04. The Morgan fingerprint density at radius 1 is 1.35 bits per heavy atom. The molecule has 1 fully saturated rings. The van der Waals surface area contributed by atoms with E-state index in [4.69, 9.17) is 5.73 Å². The molecule has 3 nitrogen and oxygen atoms in total. The third kappa shape index (κ3) is 4.30. The van der Waals surface area contributed by atoms with E-state index in [0.29, 0.717) is 17.8 Å². The molecule has 0 radical (unpaired) electrons. The Kier molecular flexibility index (Phi) is 5.44. The summed E-state index contributed by atoms with van der Waals surface area (Å²) >= 11 is 0. The molecule has 1 saturated carbocycles. The number of amides is 1. The Morgan fingerprint density at radius 3 is 2.41 bits per heavy atom. The molecule has 1 rings (SSSR count). The summed E-state index contributed by atoms with van der Waals surface area (Å²) in [4.78, 5) is 11.7. The summed E-state index contributed by atoms with van der Waals surface area (Å²) in [5.74, 6) is 0.715. The van der Waals surface area contributed by atoms with Crippen LogP contribution in [0.2, 0.25) is 0 Å². The summed E-state index contributed by atoms with van der Waals surface area (Å²) in [7, 11) is 0. The average Bonchev–Trinajstić information content (AvgIpc) is 2.73. The Bertz CT molecular complexity index is 245. The van der Waals surface area contributed by atoms with E-state index in [1.165, 1.54) is 32.1 Å². The van der Waals surface area contributed by atoms with Crippen molar-refractivity contribution in [1.29, 1.82) is 0 Å². The number of hydrogen-bond acceptors (Lipinski definition) is 2. The zero-order valence-electron chi connectivity index (χ0n) is 11.6. The molecule has 0 heterocycles. The number of carbonyl (C=O) groups is 1. The van der Waals surface area contributed by atoms with E-state index in [2.05, 4.69) is 19.2 Å². The molecule has 0 spiro atoms. The molecule has 0 aliphatic heterocycles. The van der Waals surface area contributed by atoms with Crippen LogP contribution in [0.15, 0.2) is 0 Å². The van der Waals surface area contributed by atoms with Crippen LogP contribution in [-0.4, -0.2) is 18.5 Å². The Hall–Kier alpha value is -0.570. The molecule has 0 aromatic carbocycles. The molecule has 17 heavy (non-hydrogen) atoms. The largest absolute Gasteiger partial charge is 0.354 e. The summed E-state index contributed by atoms with van der Waals surface area (Å²) in [6.07, 6.45) is 7.06. The van der Waals surface area contributed by atoms with Crippen LogP contribution in [0.3, 0.4) is 0 Å². The number of hydrogen-bond donors (Lipinski definition) is 2. The van der Waals surface area contributed by atoms with Gasteiger partial charge in [0.25, 0.3) is 0 Å². The lowest BCUT2D eigenvalue weighted by molar-refractivity contribution is -0.123. The summed E-state index contributed by atoms with van der Waals surface area (Å²) in [5, 5.41) is 3.06. The average molecular weight is 240 g/mol. The molecule has 1 aliphatic carbocycles. The second kappa shape index (κ2) is 6.39. The Balaban J connectivity index is 2.47. The van der Waals surface area contributed by atoms with Crippen molar-refractivity contribution in [3.05, 3.63) is 0 Å². The summed E-state index contributed by atoms with van der Waals surface area (Å²) < 4.78 is 0. The van der Waals surface area contributed by atoms with Crippen LogP contribution >= 0.6 is 0 Å². The SMILES string of the molecule is CC[C@H](N)C(=O)NCC1(CC(C)C)CCCC1. The van der Waals surface area contributed by atoms with Gasteiger partial charge < -0.3 is 11.1 Å². The summed E-state index contributed by atoms with van der Waals surface area (Å²) in [6, 6.07) is -0.340. The minimum Gasteiger partial charge on any atom is -0.354 e. The van der Waals surface area contributed by atoms with E-state index < -0.39 is 0 Å². The number of nitrogens with one attached hydrogen (secondary N) is 1. The number of carbonyl (C=O) groups excluding carboxylic acids is 1. The molecule has 100 valence electrons. The van der Waals surface area contributed by atoms with Crippen LogP contribution in [0.25, 0.3) is 0 Å². The van der Waals surface area contributed by atoms with Crippen molar-refractivity contribution in [3.63, 3.8) is 0 Å². The van der Waals surface area contributed by atoms with Crippen molar-refractivity contribution in [2.45, 2.75) is 65.3 Å². The zero-order chi connectivity index (χ0) is 12.9. The standard InChI is InChI=1S/C14H28N2O/c1-4-12(15)13(17)16-10-14(9-11(2)3)7-5-6-8-14/h11-12H,4-10,15H2,1-3H3,(H,16,17)/t12-/m0/s1. The van der Waals surface area contributed by atoms with E-state index in [0.717, 1.165) is 6.54 Å². The fourth-order valence-corrected chi connectivity index (χ4v) is 3.04. The predicted molar refractivity (Wildman–Crippen MR) is 71.6 cm³/mol. The highest BCUT2D eigenvalue weighted by Crippen LogP contribution is 2.42. The first-order valence-corrected chi connectivity index (χ1v) is 7.02. The minimum atomic E-state index is -0.340. The highest BCUT2D eigenvalue weighted by molar-refractivity contribution is 5.81. The molecule has 3 N–H and O–H groups in total. The van der Waals surface area contributed by atoms with Gasteiger partial charge in [-0.15, -0.1) is 0 Å². The van der Waals surface area contributed by atoms with Gasteiger partial charge in [-0.25, -0.2) is 0 Å². The van der Waals surface area contributed by atoms with E-state index in [-0.39, 0.29) is 11.9 Å². The van der Waals surface area contributed by atoms with E-state index in [9.17, 15) is 4.79 Å². The van der Waals surface area contributed by atoms with Gasteiger partial charge >= 0.3 is 0 Å². The fraction of sp³-hybridized carbons (Fsp3) is 0.929. The van der Waals surface area contributed by atoms with Gasteiger partial charge in [0.2, 0.25) is 5.91 Å². The van der Waals surface area contributed by atoms with Crippen molar-refractivity contribution in [2.75, 3.05) is 6.54 Å².